The first-order valence-corrected chi connectivity index (χ1v) is 6.21. The summed E-state index contributed by atoms with van der Waals surface area (Å²) in [7, 11) is 1.99. The molecule has 0 amide bonds. The van der Waals surface area contributed by atoms with Gasteiger partial charge < -0.3 is 5.32 Å². The molecule has 0 spiro atoms. The van der Waals surface area contributed by atoms with Crippen LogP contribution in [0.2, 0.25) is 0 Å². The van der Waals surface area contributed by atoms with Crippen LogP contribution in [0.15, 0.2) is 18.9 Å². The highest BCUT2D eigenvalue weighted by Crippen LogP contribution is 2.21. The first-order valence-electron chi connectivity index (χ1n) is 5.44. The fraction of sp³-hybridized carbons (Fsp3) is 0.636. The lowest BCUT2D eigenvalue weighted by Crippen LogP contribution is -2.14. The van der Waals surface area contributed by atoms with Crippen LogP contribution in [0.1, 0.15) is 43.0 Å². The molecule has 0 saturated carbocycles. The number of rotatable bonds is 8. The van der Waals surface area contributed by atoms with Crippen LogP contribution in [0, 0.1) is 0 Å². The van der Waals surface area contributed by atoms with Gasteiger partial charge >= 0.3 is 0 Å². The van der Waals surface area contributed by atoms with E-state index >= 15 is 0 Å². The highest BCUT2D eigenvalue weighted by molar-refractivity contribution is 7.05. The number of nitrogens with one attached hydrogen (secondary N) is 1. The molecule has 84 valence electrons. The predicted molar refractivity (Wildman–Crippen MR) is 65.0 cm³/mol. The highest BCUT2D eigenvalue weighted by Gasteiger charge is 2.10. The van der Waals surface area contributed by atoms with Gasteiger partial charge in [-0.3, -0.25) is 0 Å². The van der Waals surface area contributed by atoms with E-state index < -0.39 is 0 Å². The number of nitrogens with zero attached hydrogens (tertiary/aromatic N) is 2. The maximum atomic E-state index is 3.89. The fourth-order valence-electron chi connectivity index (χ4n) is 1.57. The standard InChI is InChI=1S/C11H19N3S/c1-3-4-5-6-7-8-10(12-2)11-9-13-14-15-11/h3,9-10,12H,1,4-8H2,2H3. The van der Waals surface area contributed by atoms with Gasteiger partial charge in [0.05, 0.1) is 11.1 Å². The second-order valence-corrected chi connectivity index (χ2v) is 4.41. The third-order valence-corrected chi connectivity index (χ3v) is 3.25. The van der Waals surface area contributed by atoms with E-state index in [0.717, 1.165) is 12.8 Å². The number of aromatic nitrogens is 2. The van der Waals surface area contributed by atoms with Gasteiger partial charge in [-0.2, -0.15) is 0 Å². The fourth-order valence-corrected chi connectivity index (χ4v) is 2.22. The van der Waals surface area contributed by atoms with E-state index in [9.17, 15) is 0 Å². The summed E-state index contributed by atoms with van der Waals surface area (Å²) in [4.78, 5) is 1.24. The average molecular weight is 225 g/mol. The molecule has 0 saturated heterocycles. The number of hydrogen-bond acceptors (Lipinski definition) is 4. The smallest absolute Gasteiger partial charge is 0.0669 e. The molecule has 0 aliphatic carbocycles. The summed E-state index contributed by atoms with van der Waals surface area (Å²) in [5, 5.41) is 7.17. The molecule has 0 bridgehead atoms. The van der Waals surface area contributed by atoms with Gasteiger partial charge in [-0.1, -0.05) is 23.4 Å². The molecule has 0 fully saturated rings. The van der Waals surface area contributed by atoms with Gasteiger partial charge in [-0.25, -0.2) is 0 Å². The molecule has 15 heavy (non-hydrogen) atoms. The molecular formula is C11H19N3S. The molecular weight excluding hydrogens is 206 g/mol. The van der Waals surface area contributed by atoms with Gasteiger partial charge in [0.25, 0.3) is 0 Å². The van der Waals surface area contributed by atoms with Crippen molar-refractivity contribution in [3.63, 3.8) is 0 Å². The quantitative estimate of drug-likeness (QED) is 0.546. The Morgan fingerprint density at radius 3 is 3.00 bits per heavy atom. The van der Waals surface area contributed by atoms with Crippen LogP contribution in [-0.2, 0) is 0 Å². The molecule has 1 aromatic rings. The van der Waals surface area contributed by atoms with Crippen molar-refractivity contribution in [2.24, 2.45) is 0 Å². The van der Waals surface area contributed by atoms with Crippen molar-refractivity contribution in [1.29, 1.82) is 0 Å². The molecule has 1 atom stereocenters. The average Bonchev–Trinajstić information content (AvgIpc) is 2.77. The molecule has 0 aliphatic rings. The SMILES string of the molecule is C=CCCCCCC(NC)c1cnns1. The molecule has 4 heteroatoms. The number of unbranched alkanes of at least 4 members (excludes halogenated alkanes) is 3. The van der Waals surface area contributed by atoms with E-state index in [1.165, 1.54) is 35.7 Å². The largest absolute Gasteiger partial charge is 0.312 e. The minimum absolute atomic E-state index is 0.425. The van der Waals surface area contributed by atoms with Crippen molar-refractivity contribution in [2.45, 2.75) is 38.1 Å². The Hall–Kier alpha value is -0.740. The summed E-state index contributed by atoms with van der Waals surface area (Å²) in [5.74, 6) is 0. The summed E-state index contributed by atoms with van der Waals surface area (Å²) in [6.45, 7) is 3.72. The Bertz CT molecular complexity index is 259. The summed E-state index contributed by atoms with van der Waals surface area (Å²) in [6.07, 6.45) is 9.91. The Morgan fingerprint density at radius 1 is 1.53 bits per heavy atom. The maximum Gasteiger partial charge on any atom is 0.0669 e. The van der Waals surface area contributed by atoms with Crippen LogP contribution in [-0.4, -0.2) is 16.6 Å². The van der Waals surface area contributed by atoms with Crippen LogP contribution in [0.5, 0.6) is 0 Å². The van der Waals surface area contributed by atoms with Gasteiger partial charge in [0, 0.05) is 6.04 Å². The Labute approximate surface area is 95.8 Å². The van der Waals surface area contributed by atoms with Crippen molar-refractivity contribution < 1.29 is 0 Å². The van der Waals surface area contributed by atoms with Crippen LogP contribution in [0.3, 0.4) is 0 Å². The molecule has 0 radical (unpaired) electrons. The maximum absolute atomic E-state index is 3.89. The summed E-state index contributed by atoms with van der Waals surface area (Å²) >= 11 is 1.48. The molecule has 1 rings (SSSR count). The monoisotopic (exact) mass is 225 g/mol. The topological polar surface area (TPSA) is 37.8 Å². The van der Waals surface area contributed by atoms with Crippen LogP contribution in [0.4, 0.5) is 0 Å². The zero-order chi connectivity index (χ0) is 10.9. The number of allylic oxidation sites excluding steroid dienone is 1. The van der Waals surface area contributed by atoms with E-state index in [2.05, 4.69) is 21.5 Å². The van der Waals surface area contributed by atoms with E-state index in [1.54, 1.807) is 0 Å². The van der Waals surface area contributed by atoms with Crippen LogP contribution in [0.25, 0.3) is 0 Å². The van der Waals surface area contributed by atoms with Gasteiger partial charge in [0.1, 0.15) is 0 Å². The predicted octanol–water partition coefficient (Wildman–Crippen LogP) is 2.94. The third kappa shape index (κ3) is 4.53. The number of hydrogen-bond donors (Lipinski definition) is 1. The van der Waals surface area contributed by atoms with E-state index in [-0.39, 0.29) is 0 Å². The van der Waals surface area contributed by atoms with Crippen molar-refractivity contribution >= 4 is 11.5 Å². The lowest BCUT2D eigenvalue weighted by molar-refractivity contribution is 0.513. The van der Waals surface area contributed by atoms with Crippen LogP contribution < -0.4 is 5.32 Å². The highest BCUT2D eigenvalue weighted by atomic mass is 32.1. The van der Waals surface area contributed by atoms with Crippen molar-refractivity contribution in [3.05, 3.63) is 23.7 Å². The Balaban J connectivity index is 2.20. The summed E-state index contributed by atoms with van der Waals surface area (Å²) in [5.41, 5.74) is 0. The summed E-state index contributed by atoms with van der Waals surface area (Å²) in [6, 6.07) is 0.425. The van der Waals surface area contributed by atoms with Crippen LogP contribution >= 0.6 is 11.5 Å². The van der Waals surface area contributed by atoms with Gasteiger partial charge in [-0.15, -0.1) is 11.7 Å². The Morgan fingerprint density at radius 2 is 2.40 bits per heavy atom. The van der Waals surface area contributed by atoms with Gasteiger partial charge in [0.2, 0.25) is 0 Å². The second kappa shape index (κ2) is 7.54. The molecule has 1 N–H and O–H groups in total. The molecule has 0 aliphatic heterocycles. The zero-order valence-corrected chi connectivity index (χ0v) is 10.1. The molecule has 0 aromatic carbocycles. The first kappa shape index (κ1) is 12.3. The van der Waals surface area contributed by atoms with E-state index in [1.807, 2.05) is 19.3 Å². The molecule has 1 aromatic heterocycles. The summed E-state index contributed by atoms with van der Waals surface area (Å²) < 4.78 is 3.89. The van der Waals surface area contributed by atoms with E-state index in [4.69, 9.17) is 0 Å². The molecule has 3 nitrogen and oxygen atoms in total. The lowest BCUT2D eigenvalue weighted by Gasteiger charge is -2.12. The zero-order valence-electron chi connectivity index (χ0n) is 9.28. The van der Waals surface area contributed by atoms with Crippen molar-refractivity contribution in [3.8, 4) is 0 Å². The van der Waals surface area contributed by atoms with Gasteiger partial charge in [0.15, 0.2) is 0 Å². The Kier molecular flexibility index (Phi) is 6.20. The van der Waals surface area contributed by atoms with E-state index in [0.29, 0.717) is 6.04 Å². The normalized spacial score (nSPS) is 12.6. The lowest BCUT2D eigenvalue weighted by atomic mass is 10.1. The molecule has 1 heterocycles. The van der Waals surface area contributed by atoms with Crippen molar-refractivity contribution in [1.82, 2.24) is 14.9 Å². The minimum Gasteiger partial charge on any atom is -0.312 e. The first-order chi connectivity index (χ1) is 7.38. The second-order valence-electron chi connectivity index (χ2n) is 3.59. The van der Waals surface area contributed by atoms with Crippen molar-refractivity contribution in [2.75, 3.05) is 7.05 Å². The van der Waals surface area contributed by atoms with Gasteiger partial charge in [-0.05, 0) is 37.8 Å². The minimum atomic E-state index is 0.425. The molecule has 1 unspecified atom stereocenters. The third-order valence-electron chi connectivity index (χ3n) is 2.47.